The Bertz CT molecular complexity index is 844. The second kappa shape index (κ2) is 8.78. The lowest BCUT2D eigenvalue weighted by molar-refractivity contribution is 0.583. The highest BCUT2D eigenvalue weighted by Crippen LogP contribution is 2.25. The van der Waals surface area contributed by atoms with Gasteiger partial charge in [0.05, 0.1) is 14.9 Å². The van der Waals surface area contributed by atoms with Crippen molar-refractivity contribution in [2.24, 2.45) is 0 Å². The Morgan fingerprint density at radius 3 is 2.24 bits per heavy atom. The summed E-state index contributed by atoms with van der Waals surface area (Å²) >= 11 is 13.5. The minimum absolute atomic E-state index is 0.376. The molecular weight excluding hydrogens is 397 g/mol. The fourth-order valence-electron chi connectivity index (χ4n) is 2.73. The molecule has 25 heavy (non-hydrogen) atoms. The predicted octanol–water partition coefficient (Wildman–Crippen LogP) is 5.13. The van der Waals surface area contributed by atoms with Crippen LogP contribution in [0.3, 0.4) is 0 Å². The smallest absolute Gasteiger partial charge is 0.210 e. The minimum Gasteiger partial charge on any atom is -0.210 e. The van der Waals surface area contributed by atoms with Gasteiger partial charge in [0.2, 0.25) is 10.0 Å². The number of hydrogen-bond acceptors (Lipinski definition) is 3. The van der Waals surface area contributed by atoms with Crippen LogP contribution < -0.4 is 4.72 Å². The third kappa shape index (κ3) is 5.63. The number of thioether (sulfide) groups is 1. The van der Waals surface area contributed by atoms with Crippen LogP contribution in [0.15, 0.2) is 35.2 Å². The number of hydrogen-bond donors (Lipinski definition) is 1. The molecule has 0 saturated heterocycles. The van der Waals surface area contributed by atoms with E-state index in [0.717, 1.165) is 28.0 Å². The van der Waals surface area contributed by atoms with Crippen LogP contribution in [0.25, 0.3) is 0 Å². The number of halogens is 2. The molecule has 0 bridgehead atoms. The number of rotatable bonds is 7. The first-order chi connectivity index (χ1) is 11.7. The molecule has 0 saturated carbocycles. The van der Waals surface area contributed by atoms with Crippen LogP contribution in [0.5, 0.6) is 0 Å². The molecular formula is C18H21Cl2NO2S2. The second-order valence-electron chi connectivity index (χ2n) is 5.93. The molecule has 0 aliphatic heterocycles. The monoisotopic (exact) mass is 417 g/mol. The average molecular weight is 418 g/mol. The second-order valence-corrected chi connectivity index (χ2v) is 9.55. The zero-order valence-electron chi connectivity index (χ0n) is 14.4. The molecule has 7 heteroatoms. The highest BCUT2D eigenvalue weighted by atomic mass is 35.5. The third-order valence-corrected chi connectivity index (χ3v) is 7.20. The van der Waals surface area contributed by atoms with Gasteiger partial charge in [0, 0.05) is 18.1 Å². The molecule has 136 valence electrons. The normalized spacial score (nSPS) is 11.7. The Balaban J connectivity index is 1.89. The summed E-state index contributed by atoms with van der Waals surface area (Å²) < 4.78 is 27.8. The summed E-state index contributed by atoms with van der Waals surface area (Å²) in [5.74, 6) is 1.42. The van der Waals surface area contributed by atoms with Gasteiger partial charge < -0.3 is 0 Å². The van der Waals surface area contributed by atoms with E-state index < -0.39 is 10.0 Å². The van der Waals surface area contributed by atoms with E-state index in [1.807, 2.05) is 45.0 Å². The Morgan fingerprint density at radius 1 is 1.00 bits per heavy atom. The van der Waals surface area contributed by atoms with Crippen molar-refractivity contribution in [2.75, 3.05) is 12.3 Å². The van der Waals surface area contributed by atoms with Crippen LogP contribution in [0.4, 0.5) is 0 Å². The molecule has 0 spiro atoms. The van der Waals surface area contributed by atoms with Crippen LogP contribution in [-0.2, 0) is 15.8 Å². The van der Waals surface area contributed by atoms with E-state index in [0.29, 0.717) is 27.2 Å². The topological polar surface area (TPSA) is 46.2 Å². The average Bonchev–Trinajstić information content (AvgIpc) is 2.49. The van der Waals surface area contributed by atoms with E-state index >= 15 is 0 Å². The number of nitrogens with one attached hydrogen (secondary N) is 1. The standard InChI is InChI=1S/C18H21Cl2NO2S2/c1-12-8-13(2)18(14(3)9-12)25(22,23)21-6-7-24-11-15-4-5-16(19)17(20)10-15/h4-5,8-10,21H,6-7,11H2,1-3H3. The minimum atomic E-state index is -3.50. The first-order valence-electron chi connectivity index (χ1n) is 7.80. The molecule has 0 fully saturated rings. The first kappa shape index (κ1) is 20.6. The summed E-state index contributed by atoms with van der Waals surface area (Å²) in [4.78, 5) is 0.382. The maximum Gasteiger partial charge on any atom is 0.241 e. The van der Waals surface area contributed by atoms with Crippen LogP contribution in [0.1, 0.15) is 22.3 Å². The first-order valence-corrected chi connectivity index (χ1v) is 11.2. The quantitative estimate of drug-likeness (QED) is 0.634. The summed E-state index contributed by atoms with van der Waals surface area (Å²) in [7, 11) is -3.50. The van der Waals surface area contributed by atoms with Gasteiger partial charge in [-0.05, 0) is 49.6 Å². The van der Waals surface area contributed by atoms with Gasteiger partial charge in [0.15, 0.2) is 0 Å². The molecule has 0 aromatic heterocycles. The lowest BCUT2D eigenvalue weighted by atomic mass is 10.1. The van der Waals surface area contributed by atoms with E-state index in [9.17, 15) is 8.42 Å². The molecule has 0 aliphatic carbocycles. The molecule has 2 aromatic carbocycles. The van der Waals surface area contributed by atoms with E-state index in [1.165, 1.54) is 0 Å². The van der Waals surface area contributed by atoms with E-state index in [1.54, 1.807) is 17.8 Å². The van der Waals surface area contributed by atoms with Crippen molar-refractivity contribution >= 4 is 45.0 Å². The third-order valence-electron chi connectivity index (χ3n) is 3.66. The van der Waals surface area contributed by atoms with Crippen molar-refractivity contribution in [1.82, 2.24) is 4.72 Å². The lowest BCUT2D eigenvalue weighted by Crippen LogP contribution is -2.27. The summed E-state index contributed by atoms with van der Waals surface area (Å²) in [5, 5.41) is 1.07. The lowest BCUT2D eigenvalue weighted by Gasteiger charge is -2.13. The Kier molecular flexibility index (Phi) is 7.23. The van der Waals surface area contributed by atoms with Gasteiger partial charge in [0.25, 0.3) is 0 Å². The number of benzene rings is 2. The van der Waals surface area contributed by atoms with E-state index in [4.69, 9.17) is 23.2 Å². The molecule has 0 unspecified atom stereocenters. The van der Waals surface area contributed by atoms with Gasteiger partial charge in [-0.15, -0.1) is 0 Å². The molecule has 2 rings (SSSR count). The molecule has 0 amide bonds. The van der Waals surface area contributed by atoms with Crippen molar-refractivity contribution in [3.63, 3.8) is 0 Å². The summed E-state index contributed by atoms with van der Waals surface area (Å²) in [6.45, 7) is 5.99. The fraction of sp³-hybridized carbons (Fsp3) is 0.333. The van der Waals surface area contributed by atoms with E-state index in [-0.39, 0.29) is 0 Å². The van der Waals surface area contributed by atoms with E-state index in [2.05, 4.69) is 4.72 Å². The Morgan fingerprint density at radius 2 is 1.64 bits per heavy atom. The van der Waals surface area contributed by atoms with Crippen molar-refractivity contribution in [1.29, 1.82) is 0 Å². The molecule has 0 aliphatic rings. The van der Waals surface area contributed by atoms with Gasteiger partial charge in [-0.3, -0.25) is 0 Å². The van der Waals surface area contributed by atoms with Crippen LogP contribution in [-0.4, -0.2) is 20.7 Å². The van der Waals surface area contributed by atoms with Gasteiger partial charge in [-0.1, -0.05) is 47.0 Å². The molecule has 0 atom stereocenters. The van der Waals surface area contributed by atoms with Crippen LogP contribution in [0.2, 0.25) is 10.0 Å². The highest BCUT2D eigenvalue weighted by molar-refractivity contribution is 7.98. The zero-order valence-corrected chi connectivity index (χ0v) is 17.5. The van der Waals surface area contributed by atoms with Crippen LogP contribution >= 0.6 is 35.0 Å². The van der Waals surface area contributed by atoms with Crippen molar-refractivity contribution in [3.8, 4) is 0 Å². The highest BCUT2D eigenvalue weighted by Gasteiger charge is 2.19. The largest absolute Gasteiger partial charge is 0.241 e. The molecule has 3 nitrogen and oxygen atoms in total. The van der Waals surface area contributed by atoms with Crippen molar-refractivity contribution in [2.45, 2.75) is 31.4 Å². The Hall–Kier alpha value is -0.720. The maximum absolute atomic E-state index is 12.5. The number of sulfonamides is 1. The molecule has 1 N–H and O–H groups in total. The zero-order chi connectivity index (χ0) is 18.6. The predicted molar refractivity (Wildman–Crippen MR) is 108 cm³/mol. The molecule has 2 aromatic rings. The van der Waals surface area contributed by atoms with Gasteiger partial charge in [-0.2, -0.15) is 11.8 Å². The molecule has 0 heterocycles. The van der Waals surface area contributed by atoms with Gasteiger partial charge >= 0.3 is 0 Å². The summed E-state index contributed by atoms with van der Waals surface area (Å²) in [6.07, 6.45) is 0. The maximum atomic E-state index is 12.5. The van der Waals surface area contributed by atoms with Gasteiger partial charge in [0.1, 0.15) is 0 Å². The van der Waals surface area contributed by atoms with Crippen LogP contribution in [0, 0.1) is 20.8 Å². The van der Waals surface area contributed by atoms with Crippen molar-refractivity contribution < 1.29 is 8.42 Å². The van der Waals surface area contributed by atoms with Gasteiger partial charge in [-0.25, -0.2) is 13.1 Å². The Labute approximate surface area is 164 Å². The molecule has 0 radical (unpaired) electrons. The SMILES string of the molecule is Cc1cc(C)c(S(=O)(=O)NCCSCc2ccc(Cl)c(Cl)c2)c(C)c1. The fourth-order valence-corrected chi connectivity index (χ4v) is 5.47. The summed E-state index contributed by atoms with van der Waals surface area (Å²) in [5.41, 5.74) is 3.67. The van der Waals surface area contributed by atoms with Crippen molar-refractivity contribution in [3.05, 3.63) is 62.6 Å². The summed E-state index contributed by atoms with van der Waals surface area (Å²) in [6, 6.07) is 9.30. The number of aryl methyl sites for hydroxylation is 3.